The zero-order chi connectivity index (χ0) is 46.3. The first-order chi connectivity index (χ1) is 30.4. The van der Waals surface area contributed by atoms with Gasteiger partial charge in [0, 0.05) is 68.9 Å². The Morgan fingerprint density at radius 1 is 0.538 bits per heavy atom. The van der Waals surface area contributed by atoms with Crippen molar-refractivity contribution >= 4 is 32.7 Å². The van der Waals surface area contributed by atoms with Crippen molar-refractivity contribution in [2.24, 2.45) is 46.3 Å². The predicted octanol–water partition coefficient (Wildman–Crippen LogP) is 17.0. The molecule has 0 aromatic heterocycles. The second kappa shape index (κ2) is 16.3. The lowest BCUT2D eigenvalue weighted by atomic mass is 9.41. The van der Waals surface area contributed by atoms with Crippen molar-refractivity contribution in [1.29, 1.82) is 0 Å². The monoisotopic (exact) mass is 921 g/mol. The van der Waals surface area contributed by atoms with E-state index in [4.69, 9.17) is 21.2 Å². The smallest absolute Gasteiger partial charge is 0.245 e. The summed E-state index contributed by atoms with van der Waals surface area (Å²) in [5.41, 5.74) is 10.1. The number of rotatable bonds is 4. The Kier molecular flexibility index (Phi) is 11.8. The van der Waals surface area contributed by atoms with E-state index in [0.717, 1.165) is 35.2 Å². The summed E-state index contributed by atoms with van der Waals surface area (Å²) in [7, 11) is -0.142. The fraction of sp³-hybridized carbons (Fsp3) is 0.770. The molecule has 0 spiro atoms. The van der Waals surface area contributed by atoms with Gasteiger partial charge < -0.3 is 9.47 Å². The number of hydrogen-bond donors (Lipinski definition) is 0. The highest BCUT2D eigenvalue weighted by atomic mass is 32.2. The molecule has 2 nitrogen and oxygen atoms in total. The van der Waals surface area contributed by atoms with Crippen LogP contribution in [-0.2, 0) is 33.2 Å². The number of ether oxygens (including phenoxy) is 2. The highest BCUT2D eigenvalue weighted by molar-refractivity contribution is 8.17. The molecule has 1 aliphatic heterocycles. The van der Waals surface area contributed by atoms with Crippen molar-refractivity contribution in [3.05, 3.63) is 57.6 Å². The minimum Gasteiger partial charge on any atom is -0.452 e. The molecule has 0 radical (unpaired) electrons. The third kappa shape index (κ3) is 8.35. The predicted molar refractivity (Wildman–Crippen MR) is 285 cm³/mol. The van der Waals surface area contributed by atoms with Crippen LogP contribution in [0.5, 0.6) is 11.5 Å². The Labute approximate surface area is 403 Å². The number of fused-ring (bicyclic) bond motifs is 3. The Morgan fingerprint density at radius 3 is 1.22 bits per heavy atom. The van der Waals surface area contributed by atoms with Crippen LogP contribution >= 0.6 is 21.0 Å². The lowest BCUT2D eigenvalue weighted by Gasteiger charge is -2.64. The minimum atomic E-state index is -0.884. The van der Waals surface area contributed by atoms with Crippen LogP contribution in [0.3, 0.4) is 0 Å². The molecule has 8 bridgehead atoms. The van der Waals surface area contributed by atoms with Crippen molar-refractivity contribution in [3.63, 3.8) is 0 Å². The second-order valence-electron chi connectivity index (χ2n) is 28.1. The second-order valence-corrected chi connectivity index (χ2v) is 32.0. The molecule has 360 valence electrons. The van der Waals surface area contributed by atoms with Crippen LogP contribution in [-0.4, -0.2) is 28.0 Å². The average Bonchev–Trinajstić information content (AvgIpc) is 3.16. The first-order valence-electron chi connectivity index (χ1n) is 27.1. The van der Waals surface area contributed by atoms with Crippen molar-refractivity contribution < 1.29 is 9.47 Å². The van der Waals surface area contributed by atoms with E-state index in [2.05, 4.69) is 107 Å². The summed E-state index contributed by atoms with van der Waals surface area (Å²) in [5, 5.41) is 1.15. The molecule has 2 aromatic carbocycles. The standard InChI is InChI=1S/C61H92O2S2/c1-39(2)58-27-41-21-42(28-58)32-60(31-41,37-58)49-25-47(55(5,6)7)23-45-35-64(13)51-19-17-15-16-18-20-52(51)65(14)36-46-24-48(56(8,9)10)26-50(54(46)63-57(11,12)62-53(45)49)61-33-43-22-44(34-61)30-59(29-43,38-61)40(3)4/h23-26,39-44,51-52H,13-22,27-38H2,1-12H3. The van der Waals surface area contributed by atoms with E-state index in [1.54, 1.807) is 0 Å². The summed E-state index contributed by atoms with van der Waals surface area (Å²) in [4.78, 5) is 0. The molecule has 8 unspecified atom stereocenters. The van der Waals surface area contributed by atoms with Crippen LogP contribution in [0.15, 0.2) is 24.3 Å². The molecule has 9 fully saturated rings. The van der Waals surface area contributed by atoms with E-state index in [-0.39, 0.29) is 42.6 Å². The van der Waals surface area contributed by atoms with Gasteiger partial charge in [-0.15, -0.1) is 0 Å². The van der Waals surface area contributed by atoms with Crippen molar-refractivity contribution in [2.75, 3.05) is 0 Å². The van der Waals surface area contributed by atoms with Crippen molar-refractivity contribution in [1.82, 2.24) is 0 Å². The van der Waals surface area contributed by atoms with Gasteiger partial charge >= 0.3 is 0 Å². The van der Waals surface area contributed by atoms with Gasteiger partial charge in [0.2, 0.25) is 5.79 Å². The Balaban J connectivity index is 1.20. The Morgan fingerprint density at radius 2 is 0.892 bits per heavy atom. The van der Waals surface area contributed by atoms with E-state index in [1.807, 2.05) is 0 Å². The lowest BCUT2D eigenvalue weighted by Crippen LogP contribution is -2.56. The van der Waals surface area contributed by atoms with Crippen molar-refractivity contribution in [2.45, 2.75) is 248 Å². The topological polar surface area (TPSA) is 18.5 Å². The van der Waals surface area contributed by atoms with E-state index < -0.39 is 5.79 Å². The lowest BCUT2D eigenvalue weighted by molar-refractivity contribution is -0.107. The van der Waals surface area contributed by atoms with Gasteiger partial charge in [-0.25, -0.2) is 0 Å². The van der Waals surface area contributed by atoms with Gasteiger partial charge in [0.25, 0.3) is 0 Å². The summed E-state index contributed by atoms with van der Waals surface area (Å²) in [6, 6.07) is 10.6. The molecule has 9 saturated carbocycles. The first kappa shape index (κ1) is 47.2. The minimum absolute atomic E-state index is 0.0289. The molecule has 0 amide bonds. The maximum Gasteiger partial charge on any atom is 0.245 e. The van der Waals surface area contributed by atoms with Crippen LogP contribution in [0.2, 0.25) is 0 Å². The molecular formula is C61H92O2S2. The van der Waals surface area contributed by atoms with E-state index in [1.165, 1.54) is 160 Å². The highest BCUT2D eigenvalue weighted by Crippen LogP contribution is 2.71. The molecule has 2 aromatic rings. The molecule has 12 rings (SSSR count). The Hall–Kier alpha value is -1.52. The Bertz CT molecular complexity index is 2030. The van der Waals surface area contributed by atoms with Crippen LogP contribution in [0, 0.1) is 46.3 Å². The van der Waals surface area contributed by atoms with Crippen LogP contribution in [0.1, 0.15) is 232 Å². The summed E-state index contributed by atoms with van der Waals surface area (Å²) in [6.45, 7) is 29.5. The molecular weight excluding hydrogens is 829 g/mol. The van der Waals surface area contributed by atoms with Gasteiger partial charge in [-0.2, -0.15) is 21.0 Å². The summed E-state index contributed by atoms with van der Waals surface area (Å²) >= 11 is 0. The van der Waals surface area contributed by atoms with Crippen molar-refractivity contribution in [3.8, 4) is 11.5 Å². The zero-order valence-corrected chi connectivity index (χ0v) is 45.3. The molecule has 65 heavy (non-hydrogen) atoms. The number of benzene rings is 2. The number of hydrogen-bond acceptors (Lipinski definition) is 2. The van der Waals surface area contributed by atoms with Gasteiger partial charge in [-0.05, 0) is 158 Å². The van der Waals surface area contributed by atoms with Crippen LogP contribution in [0.25, 0.3) is 0 Å². The largest absolute Gasteiger partial charge is 0.452 e. The normalized spacial score (nSPS) is 40.1. The molecule has 8 atom stereocenters. The first-order valence-corrected chi connectivity index (χ1v) is 30.4. The SMILES string of the molecule is C=S1Cc2cc(C(C)(C)C)cc(C34CC5CC(C3)CC(C(C)C)(C5)C4)c2OC(C)(C)Oc2c(cc(C(C)(C)C)cc2C23CC4CC(C2)CC(C(C)C)(C4)C3)CS(=C)C2CCCCCCC21. The maximum absolute atomic E-state index is 7.96. The zero-order valence-electron chi connectivity index (χ0n) is 43.6. The highest BCUT2D eigenvalue weighted by Gasteiger charge is 2.62. The fourth-order valence-corrected chi connectivity index (χ4v) is 22.2. The van der Waals surface area contributed by atoms with E-state index in [9.17, 15) is 0 Å². The van der Waals surface area contributed by atoms with Gasteiger partial charge in [-0.1, -0.05) is 131 Å². The van der Waals surface area contributed by atoms with E-state index in [0.29, 0.717) is 33.2 Å². The molecule has 9 aliphatic carbocycles. The third-order valence-electron chi connectivity index (χ3n) is 20.2. The quantitative estimate of drug-likeness (QED) is 0.285. The molecule has 1 heterocycles. The van der Waals surface area contributed by atoms with Crippen LogP contribution in [0.4, 0.5) is 0 Å². The third-order valence-corrected chi connectivity index (χ3v) is 24.6. The summed E-state index contributed by atoms with van der Waals surface area (Å²) in [6.07, 6.45) is 24.4. The average molecular weight is 922 g/mol. The van der Waals surface area contributed by atoms with Gasteiger partial charge in [0.1, 0.15) is 11.5 Å². The molecule has 10 aliphatic rings. The van der Waals surface area contributed by atoms with Gasteiger partial charge in [0.05, 0.1) is 0 Å². The van der Waals surface area contributed by atoms with E-state index >= 15 is 0 Å². The maximum atomic E-state index is 7.96. The van der Waals surface area contributed by atoms with Gasteiger partial charge in [0.15, 0.2) is 0 Å². The van der Waals surface area contributed by atoms with Gasteiger partial charge in [-0.3, -0.25) is 0 Å². The molecule has 0 N–H and O–H groups in total. The fourth-order valence-electron chi connectivity index (χ4n) is 17.4. The molecule has 4 heteroatoms. The summed E-state index contributed by atoms with van der Waals surface area (Å²) < 4.78 is 15.9. The summed E-state index contributed by atoms with van der Waals surface area (Å²) in [5.74, 6) is 18.7. The molecule has 0 saturated heterocycles. The van der Waals surface area contributed by atoms with Crippen LogP contribution < -0.4 is 9.47 Å².